The number of rotatable bonds is 8. The van der Waals surface area contributed by atoms with E-state index in [0.29, 0.717) is 13.0 Å². The van der Waals surface area contributed by atoms with Crippen LogP contribution in [0.15, 0.2) is 0 Å². The minimum atomic E-state index is -0.172. The van der Waals surface area contributed by atoms with Crippen molar-refractivity contribution < 1.29 is 9.59 Å². The van der Waals surface area contributed by atoms with E-state index in [1.807, 2.05) is 13.8 Å². The molecule has 0 heterocycles. The van der Waals surface area contributed by atoms with Gasteiger partial charge in [-0.05, 0) is 32.6 Å². The summed E-state index contributed by atoms with van der Waals surface area (Å²) in [4.78, 5) is 22.8. The normalized spacial score (nSPS) is 15.3. The minimum absolute atomic E-state index is 0.0264. The summed E-state index contributed by atoms with van der Waals surface area (Å²) in [5.74, 6) is 0.848. The molecule has 0 aromatic heterocycles. The first-order chi connectivity index (χ1) is 9.58. The molecule has 0 saturated heterocycles. The summed E-state index contributed by atoms with van der Waals surface area (Å²) in [5, 5.41) is 8.33. The molecule has 1 saturated carbocycles. The van der Waals surface area contributed by atoms with Gasteiger partial charge in [-0.2, -0.15) is 0 Å². The summed E-state index contributed by atoms with van der Waals surface area (Å²) in [5.41, 5.74) is 0. The quantitative estimate of drug-likeness (QED) is 0.597. The Hall–Kier alpha value is -1.26. The third-order valence-electron chi connectivity index (χ3n) is 3.64. The molecule has 3 amide bonds. The monoisotopic (exact) mass is 283 g/mol. The van der Waals surface area contributed by atoms with Crippen LogP contribution in [0.3, 0.4) is 0 Å². The maximum atomic E-state index is 11.5. The molecule has 1 aliphatic carbocycles. The largest absolute Gasteiger partial charge is 0.354 e. The standard InChI is InChI=1S/C15H29N3O2/c1-12(2)18-14(19)9-11-17-15(20)16-10-5-8-13-6-3-4-7-13/h12-13H,3-11H2,1-2H3,(H,18,19)(H2,16,17,20). The smallest absolute Gasteiger partial charge is 0.314 e. The van der Waals surface area contributed by atoms with Crippen LogP contribution in [0, 0.1) is 5.92 Å². The number of amides is 3. The second-order valence-electron chi connectivity index (χ2n) is 5.95. The van der Waals surface area contributed by atoms with Crippen LogP contribution in [-0.4, -0.2) is 31.1 Å². The van der Waals surface area contributed by atoms with E-state index < -0.39 is 0 Å². The lowest BCUT2D eigenvalue weighted by molar-refractivity contribution is -0.121. The molecule has 0 bridgehead atoms. The Kier molecular flexibility index (Phi) is 8.07. The van der Waals surface area contributed by atoms with Gasteiger partial charge in [0.25, 0.3) is 0 Å². The minimum Gasteiger partial charge on any atom is -0.354 e. The number of hydrogen-bond donors (Lipinski definition) is 3. The molecule has 0 aromatic carbocycles. The van der Waals surface area contributed by atoms with Gasteiger partial charge in [0.1, 0.15) is 0 Å². The number of urea groups is 1. The van der Waals surface area contributed by atoms with Crippen molar-refractivity contribution in [2.24, 2.45) is 5.92 Å². The van der Waals surface area contributed by atoms with Gasteiger partial charge in [0.05, 0.1) is 0 Å². The molecule has 0 atom stereocenters. The van der Waals surface area contributed by atoms with Crippen LogP contribution >= 0.6 is 0 Å². The van der Waals surface area contributed by atoms with Crippen molar-refractivity contribution in [3.05, 3.63) is 0 Å². The van der Waals surface area contributed by atoms with Crippen LogP contribution in [0.1, 0.15) is 58.8 Å². The van der Waals surface area contributed by atoms with Crippen molar-refractivity contribution in [3.8, 4) is 0 Å². The van der Waals surface area contributed by atoms with E-state index >= 15 is 0 Å². The van der Waals surface area contributed by atoms with Crippen LogP contribution < -0.4 is 16.0 Å². The molecule has 1 aliphatic rings. The van der Waals surface area contributed by atoms with Gasteiger partial charge >= 0.3 is 6.03 Å². The summed E-state index contributed by atoms with van der Waals surface area (Å²) in [6, 6.07) is -0.0271. The maximum Gasteiger partial charge on any atom is 0.314 e. The van der Waals surface area contributed by atoms with E-state index in [0.717, 1.165) is 18.9 Å². The van der Waals surface area contributed by atoms with Crippen molar-refractivity contribution in [1.29, 1.82) is 0 Å². The highest BCUT2D eigenvalue weighted by Crippen LogP contribution is 2.28. The Morgan fingerprint density at radius 2 is 1.75 bits per heavy atom. The zero-order valence-corrected chi connectivity index (χ0v) is 12.8. The lowest BCUT2D eigenvalue weighted by Gasteiger charge is -2.11. The van der Waals surface area contributed by atoms with Crippen LogP contribution in [0.2, 0.25) is 0 Å². The summed E-state index contributed by atoms with van der Waals surface area (Å²) < 4.78 is 0. The molecule has 1 fully saturated rings. The van der Waals surface area contributed by atoms with E-state index in [2.05, 4.69) is 16.0 Å². The maximum absolute atomic E-state index is 11.5. The predicted octanol–water partition coefficient (Wildman–Crippen LogP) is 2.17. The third kappa shape index (κ3) is 8.02. The van der Waals surface area contributed by atoms with Crippen LogP contribution in [0.25, 0.3) is 0 Å². The molecule has 0 unspecified atom stereocenters. The highest BCUT2D eigenvalue weighted by Gasteiger charge is 2.14. The molecule has 0 aromatic rings. The van der Waals surface area contributed by atoms with Crippen LogP contribution in [0.5, 0.6) is 0 Å². The Bertz CT molecular complexity index is 299. The molecule has 3 N–H and O–H groups in total. The summed E-state index contributed by atoms with van der Waals surface area (Å²) in [6.07, 6.45) is 8.05. The molecule has 0 radical (unpaired) electrons. The number of carbonyl (C=O) groups is 2. The van der Waals surface area contributed by atoms with Gasteiger partial charge in [0.15, 0.2) is 0 Å². The van der Waals surface area contributed by atoms with E-state index in [1.165, 1.54) is 32.1 Å². The van der Waals surface area contributed by atoms with E-state index in [4.69, 9.17) is 0 Å². The van der Waals surface area contributed by atoms with Crippen molar-refractivity contribution in [3.63, 3.8) is 0 Å². The Morgan fingerprint density at radius 3 is 2.40 bits per heavy atom. The zero-order chi connectivity index (χ0) is 14.8. The first-order valence-corrected chi connectivity index (χ1v) is 7.89. The van der Waals surface area contributed by atoms with Gasteiger partial charge in [-0.1, -0.05) is 25.7 Å². The van der Waals surface area contributed by atoms with Crippen molar-refractivity contribution in [1.82, 2.24) is 16.0 Å². The summed E-state index contributed by atoms with van der Waals surface area (Å²) >= 11 is 0. The number of nitrogens with one attached hydrogen (secondary N) is 3. The van der Waals surface area contributed by atoms with Gasteiger partial charge in [0, 0.05) is 25.6 Å². The number of carbonyl (C=O) groups excluding carboxylic acids is 2. The van der Waals surface area contributed by atoms with Gasteiger partial charge in [-0.15, -0.1) is 0 Å². The summed E-state index contributed by atoms with van der Waals surface area (Å²) in [6.45, 7) is 4.94. The fraction of sp³-hybridized carbons (Fsp3) is 0.867. The van der Waals surface area contributed by atoms with E-state index in [9.17, 15) is 9.59 Å². The molecule has 20 heavy (non-hydrogen) atoms. The Balaban J connectivity index is 1.93. The van der Waals surface area contributed by atoms with Gasteiger partial charge in [-0.3, -0.25) is 4.79 Å². The Labute approximate surface area is 122 Å². The van der Waals surface area contributed by atoms with Crippen molar-refractivity contribution >= 4 is 11.9 Å². The molecule has 0 aliphatic heterocycles. The molecular weight excluding hydrogens is 254 g/mol. The fourth-order valence-corrected chi connectivity index (χ4v) is 2.64. The lowest BCUT2D eigenvalue weighted by atomic mass is 10.0. The van der Waals surface area contributed by atoms with Crippen molar-refractivity contribution in [2.45, 2.75) is 64.8 Å². The molecule has 5 nitrogen and oxygen atoms in total. The molecular formula is C15H29N3O2. The van der Waals surface area contributed by atoms with E-state index in [-0.39, 0.29) is 18.0 Å². The molecule has 5 heteroatoms. The molecule has 1 rings (SSSR count). The fourth-order valence-electron chi connectivity index (χ4n) is 2.64. The highest BCUT2D eigenvalue weighted by atomic mass is 16.2. The predicted molar refractivity (Wildman–Crippen MR) is 80.5 cm³/mol. The second-order valence-corrected chi connectivity index (χ2v) is 5.95. The zero-order valence-electron chi connectivity index (χ0n) is 12.8. The van der Waals surface area contributed by atoms with Gasteiger partial charge in [0.2, 0.25) is 5.91 Å². The average Bonchev–Trinajstić information content (AvgIpc) is 2.86. The summed E-state index contributed by atoms with van der Waals surface area (Å²) in [7, 11) is 0. The van der Waals surface area contributed by atoms with Gasteiger partial charge < -0.3 is 16.0 Å². The SMILES string of the molecule is CC(C)NC(=O)CCNC(=O)NCCCC1CCCC1. The Morgan fingerprint density at radius 1 is 1.10 bits per heavy atom. The topological polar surface area (TPSA) is 70.2 Å². The first kappa shape index (κ1) is 16.8. The average molecular weight is 283 g/mol. The van der Waals surface area contributed by atoms with Crippen LogP contribution in [0.4, 0.5) is 4.79 Å². The number of hydrogen-bond acceptors (Lipinski definition) is 2. The first-order valence-electron chi connectivity index (χ1n) is 7.89. The van der Waals surface area contributed by atoms with Gasteiger partial charge in [-0.25, -0.2) is 4.79 Å². The molecule has 116 valence electrons. The highest BCUT2D eigenvalue weighted by molar-refractivity contribution is 5.78. The molecule has 0 spiro atoms. The van der Waals surface area contributed by atoms with E-state index in [1.54, 1.807) is 0 Å². The van der Waals surface area contributed by atoms with Crippen LogP contribution in [-0.2, 0) is 4.79 Å². The lowest BCUT2D eigenvalue weighted by Crippen LogP contribution is -2.39. The van der Waals surface area contributed by atoms with Crippen molar-refractivity contribution in [2.75, 3.05) is 13.1 Å². The third-order valence-corrected chi connectivity index (χ3v) is 3.64. The second kappa shape index (κ2) is 9.61.